The van der Waals surface area contributed by atoms with Gasteiger partial charge in [0.1, 0.15) is 49.4 Å². The van der Waals surface area contributed by atoms with Gasteiger partial charge in [-0.05, 0) is 67.7 Å². The number of halogens is 3. The summed E-state index contributed by atoms with van der Waals surface area (Å²) >= 11 is 0. The van der Waals surface area contributed by atoms with E-state index in [4.69, 9.17) is 33.2 Å². The predicted octanol–water partition coefficient (Wildman–Crippen LogP) is 8.97. The SMILES string of the molecule is COC(=O)C(CCOCCOc1ccc(-c2cnc3c(c2)c(C(=O)c2c(F)ccc(N(COCC[Si](C)(C)C)S(=O)(=O)N4CC[C@@H](F)C4)c2F)cn3COCC[Si](C)(C)C)cc1)c1cc(C)no1. The lowest BCUT2D eigenvalue weighted by molar-refractivity contribution is -0.143. The number of ether oxygens (including phenoxy) is 5. The van der Waals surface area contributed by atoms with Crippen molar-refractivity contribution in [1.29, 1.82) is 0 Å². The molecule has 370 valence electrons. The van der Waals surface area contributed by atoms with Crippen LogP contribution in [0.3, 0.4) is 0 Å². The van der Waals surface area contributed by atoms with Gasteiger partial charge >= 0.3 is 16.2 Å². The molecule has 0 saturated carbocycles. The zero-order valence-electron chi connectivity index (χ0n) is 40.0. The lowest BCUT2D eigenvalue weighted by Crippen LogP contribution is -2.45. The molecule has 1 unspecified atom stereocenters. The molecule has 1 aliphatic rings. The molecular formula is C47H62F3N5O10SSi2. The maximum atomic E-state index is 17.0. The maximum absolute atomic E-state index is 17.0. The van der Waals surface area contributed by atoms with Gasteiger partial charge in [0.05, 0.1) is 36.2 Å². The van der Waals surface area contributed by atoms with Crippen molar-refractivity contribution < 1.29 is 59.4 Å². The average molecular weight is 1000 g/mol. The minimum atomic E-state index is -4.58. The Labute approximate surface area is 398 Å². The highest BCUT2D eigenvalue weighted by atomic mass is 32.2. The second-order valence-corrected chi connectivity index (χ2v) is 32.3. The number of pyridine rings is 1. The van der Waals surface area contributed by atoms with Crippen molar-refractivity contribution in [2.75, 3.05) is 64.3 Å². The van der Waals surface area contributed by atoms with Gasteiger partial charge < -0.3 is 32.8 Å². The molecule has 1 aliphatic heterocycles. The van der Waals surface area contributed by atoms with Crippen LogP contribution < -0.4 is 9.04 Å². The molecular weight excluding hydrogens is 940 g/mol. The van der Waals surface area contributed by atoms with E-state index in [0.717, 1.165) is 22.5 Å². The van der Waals surface area contributed by atoms with Crippen LogP contribution in [-0.2, 0) is 40.7 Å². The summed E-state index contributed by atoms with van der Waals surface area (Å²) in [5.74, 6) is -3.81. The number of nitrogens with zero attached hydrogens (tertiary/aromatic N) is 5. The Bertz CT molecular complexity index is 2640. The van der Waals surface area contributed by atoms with E-state index in [2.05, 4.69) is 44.4 Å². The fraction of sp³-hybridized carbons (Fsp3) is 0.489. The molecule has 1 fully saturated rings. The van der Waals surface area contributed by atoms with Crippen LogP contribution in [0.4, 0.5) is 18.9 Å². The molecule has 0 radical (unpaired) electrons. The molecule has 68 heavy (non-hydrogen) atoms. The fourth-order valence-corrected chi connectivity index (χ4v) is 10.5. The second kappa shape index (κ2) is 22.7. The number of carbonyl (C=O) groups is 2. The number of aromatic nitrogens is 3. The molecule has 4 heterocycles. The number of hydrogen-bond acceptors (Lipinski definition) is 12. The van der Waals surface area contributed by atoms with E-state index in [0.29, 0.717) is 57.4 Å². The molecule has 0 aliphatic carbocycles. The van der Waals surface area contributed by atoms with Crippen molar-refractivity contribution in [3.8, 4) is 16.9 Å². The van der Waals surface area contributed by atoms with E-state index < -0.39 is 86.4 Å². The summed E-state index contributed by atoms with van der Waals surface area (Å²) in [4.78, 5) is 31.6. The first kappa shape index (κ1) is 52.5. The topological polar surface area (TPSA) is 165 Å². The fourth-order valence-electron chi connectivity index (χ4n) is 7.38. The molecule has 2 atom stereocenters. The predicted molar refractivity (Wildman–Crippen MR) is 257 cm³/mol. The van der Waals surface area contributed by atoms with Crippen LogP contribution >= 0.6 is 0 Å². The van der Waals surface area contributed by atoms with E-state index in [1.54, 1.807) is 54.1 Å². The first-order valence-electron chi connectivity index (χ1n) is 22.6. The molecule has 21 heteroatoms. The molecule has 0 amide bonds. The smallest absolute Gasteiger partial charge is 0.316 e. The van der Waals surface area contributed by atoms with Gasteiger partial charge in [0.15, 0.2) is 11.6 Å². The number of fused-ring (bicyclic) bond motifs is 1. The Morgan fingerprint density at radius 1 is 0.912 bits per heavy atom. The van der Waals surface area contributed by atoms with E-state index in [1.165, 1.54) is 13.3 Å². The monoisotopic (exact) mass is 1000 g/mol. The number of carbonyl (C=O) groups excluding carboxylic acids is 2. The summed E-state index contributed by atoms with van der Waals surface area (Å²) in [5.41, 5.74) is 0.582. The molecule has 15 nitrogen and oxygen atoms in total. The number of benzene rings is 2. The van der Waals surface area contributed by atoms with Gasteiger partial charge in [0.25, 0.3) is 0 Å². The Kier molecular flexibility index (Phi) is 17.5. The summed E-state index contributed by atoms with van der Waals surface area (Å²) in [6, 6.07) is 13.8. The van der Waals surface area contributed by atoms with Crippen molar-refractivity contribution in [1.82, 2.24) is 19.0 Å². The molecule has 0 bridgehead atoms. The number of anilines is 1. The van der Waals surface area contributed by atoms with Crippen LogP contribution in [0.1, 0.15) is 46.1 Å². The molecule has 6 rings (SSSR count). The second-order valence-electron chi connectivity index (χ2n) is 19.2. The summed E-state index contributed by atoms with van der Waals surface area (Å²) < 4.78 is 112. The summed E-state index contributed by atoms with van der Waals surface area (Å²) in [5, 5.41) is 4.13. The molecule has 5 aromatic rings. The molecule has 3 aromatic heterocycles. The normalized spacial score (nSPS) is 15.2. The van der Waals surface area contributed by atoms with Gasteiger partial charge in [-0.3, -0.25) is 9.59 Å². The van der Waals surface area contributed by atoms with Gasteiger partial charge in [-0.25, -0.2) is 22.5 Å². The third-order valence-electron chi connectivity index (χ3n) is 11.4. The van der Waals surface area contributed by atoms with Crippen molar-refractivity contribution in [2.45, 2.75) is 90.0 Å². The van der Waals surface area contributed by atoms with Crippen LogP contribution in [0, 0.1) is 18.6 Å². The van der Waals surface area contributed by atoms with E-state index in [9.17, 15) is 22.4 Å². The maximum Gasteiger partial charge on any atom is 0.316 e. The van der Waals surface area contributed by atoms with Crippen molar-refractivity contribution in [2.24, 2.45) is 0 Å². The Balaban J connectivity index is 1.24. The first-order chi connectivity index (χ1) is 32.2. The highest BCUT2D eigenvalue weighted by Gasteiger charge is 2.39. The lowest BCUT2D eigenvalue weighted by Gasteiger charge is -2.29. The van der Waals surface area contributed by atoms with Crippen LogP contribution in [0.25, 0.3) is 22.2 Å². The van der Waals surface area contributed by atoms with E-state index in [-0.39, 0.29) is 57.1 Å². The van der Waals surface area contributed by atoms with Gasteiger partial charge in [-0.1, -0.05) is 56.6 Å². The summed E-state index contributed by atoms with van der Waals surface area (Å²) in [6.07, 6.45) is 1.93. The number of hydrogen-bond donors (Lipinski definition) is 0. The number of alkyl halides is 1. The highest BCUT2D eigenvalue weighted by Crippen LogP contribution is 2.34. The van der Waals surface area contributed by atoms with Crippen LogP contribution in [0.15, 0.2) is 65.4 Å². The van der Waals surface area contributed by atoms with Crippen molar-refractivity contribution >= 4 is 54.8 Å². The van der Waals surface area contributed by atoms with Crippen LogP contribution in [-0.4, -0.2) is 121 Å². The number of aryl methyl sites for hydroxylation is 1. The van der Waals surface area contributed by atoms with Gasteiger partial charge in [-0.15, -0.1) is 0 Å². The summed E-state index contributed by atoms with van der Waals surface area (Å²) in [7, 11) is -6.35. The zero-order chi connectivity index (χ0) is 49.4. The minimum absolute atomic E-state index is 0.000559. The van der Waals surface area contributed by atoms with Crippen LogP contribution in [0.2, 0.25) is 51.4 Å². The third kappa shape index (κ3) is 13.4. The largest absolute Gasteiger partial charge is 0.491 e. The van der Waals surface area contributed by atoms with Crippen molar-refractivity contribution in [3.63, 3.8) is 0 Å². The molecule has 1 saturated heterocycles. The number of methoxy groups -OCH3 is 1. The Morgan fingerprint density at radius 3 is 2.25 bits per heavy atom. The first-order valence-corrected chi connectivity index (χ1v) is 31.4. The zero-order valence-corrected chi connectivity index (χ0v) is 42.8. The molecule has 0 spiro atoms. The van der Waals surface area contributed by atoms with Crippen molar-refractivity contribution in [3.05, 3.63) is 95.1 Å². The highest BCUT2D eigenvalue weighted by molar-refractivity contribution is 7.90. The molecule has 0 N–H and O–H groups in total. The number of esters is 1. The quantitative estimate of drug-likeness (QED) is 0.0180. The standard InChI is InChI=1S/C47H62F3N5O10SSi2/c1-32-25-42(65-52-32)37(47(57)60-2)16-18-61-19-20-64-36-11-9-33(10-12-36)34-26-38-39(29-53(46(38)51-27-34)30-62-21-23-67(3,4)5)45(56)43-40(49)13-14-41(44(43)50)55(31-63-22-24-68(6,7)8)66(58,59)54-17-15-35(48)28-54/h9-14,25-27,29,35,37H,15-24,28,30-31H2,1-8H3/t35-,37?/m1/s1. The van der Waals surface area contributed by atoms with Gasteiger partial charge in [0, 0.05) is 78.5 Å². The van der Waals surface area contributed by atoms with E-state index >= 15 is 8.78 Å². The minimum Gasteiger partial charge on any atom is -0.491 e. The lowest BCUT2D eigenvalue weighted by atomic mass is 9.99. The van der Waals surface area contributed by atoms with Gasteiger partial charge in [0.2, 0.25) is 5.78 Å². The number of rotatable bonds is 25. The Hall–Kier alpha value is -4.91. The number of ketones is 1. The Morgan fingerprint density at radius 2 is 1.62 bits per heavy atom. The molecule has 2 aromatic carbocycles. The third-order valence-corrected chi connectivity index (χ3v) is 16.6. The summed E-state index contributed by atoms with van der Waals surface area (Å²) in [6.45, 7) is 14.9. The van der Waals surface area contributed by atoms with Gasteiger partial charge in [-0.2, -0.15) is 12.7 Å². The average Bonchev–Trinajstić information content (AvgIpc) is 4.02. The van der Waals surface area contributed by atoms with Crippen LogP contribution in [0.5, 0.6) is 5.75 Å². The van der Waals surface area contributed by atoms with E-state index in [1.807, 2.05) is 0 Å².